The van der Waals surface area contributed by atoms with E-state index in [2.05, 4.69) is 9.71 Å². The van der Waals surface area contributed by atoms with E-state index in [9.17, 15) is 8.42 Å². The molecule has 0 atom stereocenters. The number of nitrogens with one attached hydrogen (secondary N) is 1. The third-order valence-corrected chi connectivity index (χ3v) is 5.53. The van der Waals surface area contributed by atoms with Gasteiger partial charge in [0.05, 0.1) is 27.0 Å². The molecule has 3 rings (SSSR count). The van der Waals surface area contributed by atoms with Gasteiger partial charge in [0, 0.05) is 31.4 Å². The summed E-state index contributed by atoms with van der Waals surface area (Å²) in [6, 6.07) is 8.31. The Labute approximate surface area is 157 Å². The van der Waals surface area contributed by atoms with E-state index in [0.717, 1.165) is 5.69 Å². The van der Waals surface area contributed by atoms with Crippen LogP contribution in [0.5, 0.6) is 17.2 Å². The van der Waals surface area contributed by atoms with Crippen LogP contribution in [-0.2, 0) is 16.4 Å². The second-order valence-corrected chi connectivity index (χ2v) is 7.44. The summed E-state index contributed by atoms with van der Waals surface area (Å²) < 4.78 is 45.3. The largest absolute Gasteiger partial charge is 0.497 e. The number of imidazole rings is 1. The van der Waals surface area contributed by atoms with E-state index in [1.54, 1.807) is 19.2 Å². The Morgan fingerprint density at radius 2 is 1.85 bits per heavy atom. The second kappa shape index (κ2) is 7.85. The molecule has 27 heavy (non-hydrogen) atoms. The number of hydrogen-bond donors (Lipinski definition) is 1. The Morgan fingerprint density at radius 1 is 1.07 bits per heavy atom. The lowest BCUT2D eigenvalue weighted by atomic mass is 10.3. The number of nitrogens with zero attached hydrogens (tertiary/aromatic N) is 2. The van der Waals surface area contributed by atoms with Crippen molar-refractivity contribution in [2.45, 2.75) is 11.3 Å². The van der Waals surface area contributed by atoms with Crippen LogP contribution in [0.4, 0.5) is 0 Å². The van der Waals surface area contributed by atoms with E-state index in [0.29, 0.717) is 23.6 Å². The maximum absolute atomic E-state index is 12.7. The first-order valence-electron chi connectivity index (χ1n) is 8.21. The number of methoxy groups -OCH3 is 3. The van der Waals surface area contributed by atoms with E-state index in [1.165, 1.54) is 20.3 Å². The zero-order valence-corrected chi connectivity index (χ0v) is 16.1. The van der Waals surface area contributed by atoms with Crippen molar-refractivity contribution in [1.82, 2.24) is 14.1 Å². The lowest BCUT2D eigenvalue weighted by molar-refractivity contribution is 0.392. The van der Waals surface area contributed by atoms with Gasteiger partial charge < -0.3 is 18.6 Å². The quantitative estimate of drug-likeness (QED) is 0.630. The average Bonchev–Trinajstić information content (AvgIpc) is 3.10. The average molecular weight is 391 g/mol. The molecule has 144 valence electrons. The van der Waals surface area contributed by atoms with Gasteiger partial charge in [-0.15, -0.1) is 0 Å². The molecule has 0 saturated heterocycles. The predicted octanol–water partition coefficient (Wildman–Crippen LogP) is 1.88. The Bertz CT molecular complexity index is 1050. The molecule has 0 aliphatic heterocycles. The van der Waals surface area contributed by atoms with Gasteiger partial charge in [0.1, 0.15) is 16.4 Å². The lowest BCUT2D eigenvalue weighted by Crippen LogP contribution is -2.26. The summed E-state index contributed by atoms with van der Waals surface area (Å²) in [5.74, 6) is 1.34. The van der Waals surface area contributed by atoms with Gasteiger partial charge in [-0.05, 0) is 24.3 Å². The highest BCUT2D eigenvalue weighted by Gasteiger charge is 2.20. The molecule has 1 aromatic carbocycles. The molecule has 0 saturated carbocycles. The van der Waals surface area contributed by atoms with Gasteiger partial charge in [-0.2, -0.15) is 0 Å². The normalized spacial score (nSPS) is 11.5. The van der Waals surface area contributed by atoms with Crippen molar-refractivity contribution >= 4 is 15.7 Å². The van der Waals surface area contributed by atoms with Crippen LogP contribution in [0.25, 0.3) is 5.65 Å². The molecule has 0 bridgehead atoms. The van der Waals surface area contributed by atoms with Gasteiger partial charge in [-0.1, -0.05) is 0 Å². The van der Waals surface area contributed by atoms with E-state index in [1.807, 2.05) is 28.9 Å². The highest BCUT2D eigenvalue weighted by atomic mass is 32.2. The van der Waals surface area contributed by atoms with Crippen LogP contribution in [0.15, 0.2) is 47.6 Å². The Kier molecular flexibility index (Phi) is 5.52. The first kappa shape index (κ1) is 19.0. The fourth-order valence-electron chi connectivity index (χ4n) is 2.70. The van der Waals surface area contributed by atoms with Crippen LogP contribution >= 0.6 is 0 Å². The molecule has 8 nitrogen and oxygen atoms in total. The summed E-state index contributed by atoms with van der Waals surface area (Å²) in [7, 11) is 0.717. The highest BCUT2D eigenvalue weighted by molar-refractivity contribution is 7.89. The monoisotopic (exact) mass is 391 g/mol. The Morgan fingerprint density at radius 3 is 2.56 bits per heavy atom. The van der Waals surface area contributed by atoms with Gasteiger partial charge in [0.2, 0.25) is 10.0 Å². The van der Waals surface area contributed by atoms with Crippen molar-refractivity contribution < 1.29 is 22.6 Å². The predicted molar refractivity (Wildman–Crippen MR) is 100 cm³/mol. The van der Waals surface area contributed by atoms with Crippen LogP contribution in [-0.4, -0.2) is 45.7 Å². The van der Waals surface area contributed by atoms with E-state index in [4.69, 9.17) is 14.2 Å². The third-order valence-electron chi connectivity index (χ3n) is 4.05. The first-order chi connectivity index (χ1) is 13.0. The summed E-state index contributed by atoms with van der Waals surface area (Å²) in [6.07, 6.45) is 4.13. The fourth-order valence-corrected chi connectivity index (χ4v) is 3.92. The highest BCUT2D eigenvalue weighted by Crippen LogP contribution is 2.28. The molecule has 2 heterocycles. The molecule has 0 radical (unpaired) electrons. The molecule has 0 spiro atoms. The minimum absolute atomic E-state index is 0.0287. The van der Waals surface area contributed by atoms with Crippen LogP contribution in [0.1, 0.15) is 5.69 Å². The Hall–Kier alpha value is -2.78. The van der Waals surface area contributed by atoms with Gasteiger partial charge >= 0.3 is 0 Å². The van der Waals surface area contributed by atoms with Crippen molar-refractivity contribution in [2.75, 3.05) is 27.9 Å². The third kappa shape index (κ3) is 3.99. The SMILES string of the molecule is COc1ccc(OC)c(S(=O)(=O)NCCc2cn3cccc(OC)c3n2)c1. The maximum atomic E-state index is 12.7. The number of ether oxygens (including phenoxy) is 3. The van der Waals surface area contributed by atoms with Crippen LogP contribution in [0, 0.1) is 0 Å². The van der Waals surface area contributed by atoms with Crippen molar-refractivity contribution in [3.05, 3.63) is 48.4 Å². The zero-order valence-electron chi connectivity index (χ0n) is 15.3. The smallest absolute Gasteiger partial charge is 0.244 e. The number of rotatable bonds is 8. The van der Waals surface area contributed by atoms with Crippen LogP contribution in [0.3, 0.4) is 0 Å². The minimum atomic E-state index is -3.76. The molecule has 1 N–H and O–H groups in total. The molecule has 9 heteroatoms. The van der Waals surface area contributed by atoms with Gasteiger partial charge in [0.25, 0.3) is 0 Å². The maximum Gasteiger partial charge on any atom is 0.244 e. The van der Waals surface area contributed by atoms with Crippen molar-refractivity contribution in [3.63, 3.8) is 0 Å². The van der Waals surface area contributed by atoms with Crippen molar-refractivity contribution in [1.29, 1.82) is 0 Å². The first-order valence-corrected chi connectivity index (χ1v) is 9.69. The van der Waals surface area contributed by atoms with Gasteiger partial charge in [0.15, 0.2) is 11.4 Å². The molecule has 3 aromatic rings. The molecular formula is C18H21N3O5S. The topological polar surface area (TPSA) is 91.2 Å². The molecule has 0 aliphatic carbocycles. The van der Waals surface area contributed by atoms with E-state index in [-0.39, 0.29) is 17.2 Å². The van der Waals surface area contributed by atoms with Crippen molar-refractivity contribution in [3.8, 4) is 17.2 Å². The number of sulfonamides is 1. The zero-order chi connectivity index (χ0) is 19.4. The molecular weight excluding hydrogens is 370 g/mol. The van der Waals surface area contributed by atoms with Crippen molar-refractivity contribution in [2.24, 2.45) is 0 Å². The standard InChI is InChI=1S/C18H21N3O5S/c1-24-14-6-7-15(25-2)17(11-14)27(22,23)19-9-8-13-12-21-10-4-5-16(26-3)18(21)20-13/h4-7,10-12,19H,8-9H2,1-3H3. The summed E-state index contributed by atoms with van der Waals surface area (Å²) >= 11 is 0. The number of fused-ring (bicyclic) bond motifs is 1. The van der Waals surface area contributed by atoms with E-state index < -0.39 is 10.0 Å². The molecule has 0 unspecified atom stereocenters. The van der Waals surface area contributed by atoms with Gasteiger partial charge in [-0.25, -0.2) is 18.1 Å². The van der Waals surface area contributed by atoms with Gasteiger partial charge in [-0.3, -0.25) is 0 Å². The van der Waals surface area contributed by atoms with Crippen LogP contribution < -0.4 is 18.9 Å². The number of aromatic nitrogens is 2. The molecule has 0 amide bonds. The van der Waals surface area contributed by atoms with Crippen LogP contribution in [0.2, 0.25) is 0 Å². The number of pyridine rings is 1. The minimum Gasteiger partial charge on any atom is -0.497 e. The summed E-state index contributed by atoms with van der Waals surface area (Å²) in [6.45, 7) is 0.189. The number of hydrogen-bond acceptors (Lipinski definition) is 6. The summed E-state index contributed by atoms with van der Waals surface area (Å²) in [5.41, 5.74) is 1.44. The molecule has 0 aliphatic rings. The molecule has 2 aromatic heterocycles. The number of benzene rings is 1. The Balaban J connectivity index is 1.75. The summed E-state index contributed by atoms with van der Waals surface area (Å²) in [4.78, 5) is 4.52. The second-order valence-electron chi connectivity index (χ2n) is 5.70. The summed E-state index contributed by atoms with van der Waals surface area (Å²) in [5, 5.41) is 0. The van der Waals surface area contributed by atoms with E-state index >= 15 is 0 Å². The molecule has 0 fully saturated rings. The lowest BCUT2D eigenvalue weighted by Gasteiger charge is -2.11. The fraction of sp³-hybridized carbons (Fsp3) is 0.278.